The van der Waals surface area contributed by atoms with Crippen molar-refractivity contribution in [3.8, 4) is 0 Å². The van der Waals surface area contributed by atoms with Gasteiger partial charge in [-0.25, -0.2) is 0 Å². The largest absolute Gasteiger partial charge is 0.371 e. The van der Waals surface area contributed by atoms with Crippen molar-refractivity contribution in [2.75, 3.05) is 24.5 Å². The maximum absolute atomic E-state index is 5.67. The molecule has 0 aromatic heterocycles. The van der Waals surface area contributed by atoms with Gasteiger partial charge in [0.2, 0.25) is 0 Å². The Labute approximate surface area is 85.7 Å². The minimum Gasteiger partial charge on any atom is -0.371 e. The quantitative estimate of drug-likeness (QED) is 0.770. The molecule has 0 radical (unpaired) electrons. The fourth-order valence-electron chi connectivity index (χ4n) is 2.02. The van der Waals surface area contributed by atoms with E-state index in [9.17, 15) is 0 Å². The van der Waals surface area contributed by atoms with Crippen molar-refractivity contribution in [3.05, 3.63) is 29.8 Å². The molecule has 0 amide bonds. The van der Waals surface area contributed by atoms with Crippen molar-refractivity contribution in [2.24, 2.45) is 11.7 Å². The van der Waals surface area contributed by atoms with Crippen LogP contribution in [0, 0.1) is 12.8 Å². The van der Waals surface area contributed by atoms with Gasteiger partial charge in [0.05, 0.1) is 0 Å². The van der Waals surface area contributed by atoms with Crippen molar-refractivity contribution in [1.82, 2.24) is 0 Å². The Morgan fingerprint density at radius 2 is 2.07 bits per heavy atom. The Morgan fingerprint density at radius 3 is 2.64 bits per heavy atom. The van der Waals surface area contributed by atoms with Crippen LogP contribution in [-0.4, -0.2) is 19.6 Å². The number of hydrogen-bond donors (Lipinski definition) is 1. The summed E-state index contributed by atoms with van der Waals surface area (Å²) in [5.74, 6) is 0.691. The van der Waals surface area contributed by atoms with E-state index in [4.69, 9.17) is 5.73 Å². The van der Waals surface area contributed by atoms with E-state index in [1.807, 2.05) is 0 Å². The molecule has 1 saturated heterocycles. The first-order valence-electron chi connectivity index (χ1n) is 5.31. The molecule has 2 nitrogen and oxygen atoms in total. The lowest BCUT2D eigenvalue weighted by atomic mass is 10.1. The summed E-state index contributed by atoms with van der Waals surface area (Å²) < 4.78 is 0. The summed E-state index contributed by atoms with van der Waals surface area (Å²) >= 11 is 0. The normalized spacial score (nSPS) is 21.6. The standard InChI is InChI=1S/C12H18N2/c1-10-2-4-12(5-3-10)14-7-6-11(8-13)9-14/h2-5,11H,6-9,13H2,1H3/t11-/m1/s1. The van der Waals surface area contributed by atoms with Crippen LogP contribution in [0.4, 0.5) is 5.69 Å². The Kier molecular flexibility index (Phi) is 2.73. The Bertz CT molecular complexity index is 292. The lowest BCUT2D eigenvalue weighted by Gasteiger charge is -2.18. The van der Waals surface area contributed by atoms with Crippen LogP contribution >= 0.6 is 0 Å². The van der Waals surface area contributed by atoms with E-state index in [-0.39, 0.29) is 0 Å². The monoisotopic (exact) mass is 190 g/mol. The van der Waals surface area contributed by atoms with Crippen LogP contribution in [0.5, 0.6) is 0 Å². The van der Waals surface area contributed by atoms with E-state index in [0.717, 1.165) is 19.6 Å². The molecule has 1 heterocycles. The molecule has 0 saturated carbocycles. The number of nitrogens with zero attached hydrogens (tertiary/aromatic N) is 1. The predicted octanol–water partition coefficient (Wildman–Crippen LogP) is 1.78. The minimum atomic E-state index is 0.691. The lowest BCUT2D eigenvalue weighted by molar-refractivity contribution is 0.602. The molecular weight excluding hydrogens is 172 g/mol. The van der Waals surface area contributed by atoms with Gasteiger partial charge in [0.25, 0.3) is 0 Å². The zero-order valence-electron chi connectivity index (χ0n) is 8.74. The van der Waals surface area contributed by atoms with Gasteiger partial charge >= 0.3 is 0 Å². The molecule has 1 aliphatic rings. The second kappa shape index (κ2) is 4.01. The molecule has 76 valence electrons. The smallest absolute Gasteiger partial charge is 0.0366 e. The third kappa shape index (κ3) is 1.90. The van der Waals surface area contributed by atoms with E-state index in [1.54, 1.807) is 0 Å². The fraction of sp³-hybridized carbons (Fsp3) is 0.500. The van der Waals surface area contributed by atoms with Crippen molar-refractivity contribution >= 4 is 5.69 Å². The molecule has 0 unspecified atom stereocenters. The van der Waals surface area contributed by atoms with Gasteiger partial charge in [-0.3, -0.25) is 0 Å². The van der Waals surface area contributed by atoms with Crippen molar-refractivity contribution < 1.29 is 0 Å². The molecule has 1 aromatic rings. The lowest BCUT2D eigenvalue weighted by Crippen LogP contribution is -2.22. The number of nitrogens with two attached hydrogens (primary N) is 1. The second-order valence-corrected chi connectivity index (χ2v) is 4.17. The average molecular weight is 190 g/mol. The molecule has 0 bridgehead atoms. The third-order valence-electron chi connectivity index (χ3n) is 3.02. The topological polar surface area (TPSA) is 29.3 Å². The Balaban J connectivity index is 2.06. The fourth-order valence-corrected chi connectivity index (χ4v) is 2.02. The molecule has 1 atom stereocenters. The highest BCUT2D eigenvalue weighted by Gasteiger charge is 2.20. The molecule has 1 aliphatic heterocycles. The Morgan fingerprint density at radius 1 is 1.36 bits per heavy atom. The summed E-state index contributed by atoms with van der Waals surface area (Å²) in [5.41, 5.74) is 8.33. The van der Waals surface area contributed by atoms with Crippen LogP contribution < -0.4 is 10.6 Å². The van der Waals surface area contributed by atoms with Crippen LogP contribution in [0.1, 0.15) is 12.0 Å². The van der Waals surface area contributed by atoms with E-state index in [2.05, 4.69) is 36.1 Å². The average Bonchev–Trinajstić information content (AvgIpc) is 2.67. The summed E-state index contributed by atoms with van der Waals surface area (Å²) in [6.07, 6.45) is 1.24. The van der Waals surface area contributed by atoms with E-state index >= 15 is 0 Å². The van der Waals surface area contributed by atoms with Crippen LogP contribution in [0.2, 0.25) is 0 Å². The molecule has 1 fully saturated rings. The van der Waals surface area contributed by atoms with Crippen LogP contribution in [-0.2, 0) is 0 Å². The highest BCUT2D eigenvalue weighted by Crippen LogP contribution is 2.23. The van der Waals surface area contributed by atoms with Crippen molar-refractivity contribution in [2.45, 2.75) is 13.3 Å². The molecule has 2 rings (SSSR count). The van der Waals surface area contributed by atoms with Gasteiger partial charge < -0.3 is 10.6 Å². The molecular formula is C12H18N2. The van der Waals surface area contributed by atoms with Gasteiger partial charge in [-0.1, -0.05) is 17.7 Å². The van der Waals surface area contributed by atoms with Crippen LogP contribution in [0.3, 0.4) is 0 Å². The maximum atomic E-state index is 5.67. The van der Waals surface area contributed by atoms with Crippen LogP contribution in [0.15, 0.2) is 24.3 Å². The van der Waals surface area contributed by atoms with Gasteiger partial charge in [-0.15, -0.1) is 0 Å². The molecule has 14 heavy (non-hydrogen) atoms. The first-order valence-corrected chi connectivity index (χ1v) is 5.31. The minimum absolute atomic E-state index is 0.691. The highest BCUT2D eigenvalue weighted by atomic mass is 15.2. The van der Waals surface area contributed by atoms with Gasteiger partial charge in [-0.2, -0.15) is 0 Å². The first kappa shape index (κ1) is 9.53. The first-order chi connectivity index (χ1) is 6.79. The van der Waals surface area contributed by atoms with Crippen molar-refractivity contribution in [1.29, 1.82) is 0 Å². The van der Waals surface area contributed by atoms with E-state index in [1.165, 1.54) is 17.7 Å². The number of anilines is 1. The van der Waals surface area contributed by atoms with E-state index < -0.39 is 0 Å². The van der Waals surface area contributed by atoms with Gasteiger partial charge in [0.1, 0.15) is 0 Å². The van der Waals surface area contributed by atoms with Gasteiger partial charge in [-0.05, 0) is 37.9 Å². The van der Waals surface area contributed by atoms with Gasteiger partial charge in [0, 0.05) is 18.8 Å². The van der Waals surface area contributed by atoms with E-state index in [0.29, 0.717) is 5.92 Å². The number of benzene rings is 1. The molecule has 0 spiro atoms. The zero-order valence-corrected chi connectivity index (χ0v) is 8.74. The number of hydrogen-bond acceptors (Lipinski definition) is 2. The molecule has 0 aliphatic carbocycles. The zero-order chi connectivity index (χ0) is 9.97. The highest BCUT2D eigenvalue weighted by molar-refractivity contribution is 5.48. The molecule has 1 aromatic carbocycles. The SMILES string of the molecule is Cc1ccc(N2CC[C@H](CN)C2)cc1. The molecule has 2 N–H and O–H groups in total. The maximum Gasteiger partial charge on any atom is 0.0366 e. The Hall–Kier alpha value is -1.02. The summed E-state index contributed by atoms with van der Waals surface area (Å²) in [6.45, 7) is 5.23. The summed E-state index contributed by atoms with van der Waals surface area (Å²) in [4.78, 5) is 2.43. The second-order valence-electron chi connectivity index (χ2n) is 4.17. The summed E-state index contributed by atoms with van der Waals surface area (Å²) in [7, 11) is 0. The van der Waals surface area contributed by atoms with Crippen LogP contribution in [0.25, 0.3) is 0 Å². The summed E-state index contributed by atoms with van der Waals surface area (Å²) in [6, 6.07) is 8.75. The molecule has 2 heteroatoms. The summed E-state index contributed by atoms with van der Waals surface area (Å²) in [5, 5.41) is 0. The van der Waals surface area contributed by atoms with Gasteiger partial charge in [0.15, 0.2) is 0 Å². The van der Waals surface area contributed by atoms with Crippen molar-refractivity contribution in [3.63, 3.8) is 0 Å². The number of rotatable bonds is 2. The predicted molar refractivity (Wildman–Crippen MR) is 60.6 cm³/mol. The third-order valence-corrected chi connectivity index (χ3v) is 3.02. The number of aryl methyl sites for hydroxylation is 1.